The van der Waals surface area contributed by atoms with Crippen molar-refractivity contribution in [2.24, 2.45) is 0 Å². The molecule has 0 radical (unpaired) electrons. The lowest BCUT2D eigenvalue weighted by molar-refractivity contribution is 0.237. The fourth-order valence-corrected chi connectivity index (χ4v) is 3.59. The minimum absolute atomic E-state index is 0.458. The standard InChI is InChI=1S/C26H29NO3/c1-2-8-22(9-3-1)20-30-26-11-5-4-10-23(26)21-29-25-14-12-24(13-15-25)28-19-18-27-16-6-7-17-27/h1-5,8-15H,6-7,16-21H2. The number of ether oxygens (including phenoxy) is 3. The van der Waals surface area contributed by atoms with Crippen LogP contribution < -0.4 is 14.2 Å². The molecule has 0 unspecified atom stereocenters. The number of rotatable bonds is 10. The summed E-state index contributed by atoms with van der Waals surface area (Å²) < 4.78 is 17.9. The van der Waals surface area contributed by atoms with E-state index in [1.165, 1.54) is 25.9 Å². The van der Waals surface area contributed by atoms with Gasteiger partial charge in [0.15, 0.2) is 0 Å². The molecule has 0 saturated carbocycles. The van der Waals surface area contributed by atoms with Crippen molar-refractivity contribution >= 4 is 0 Å². The predicted molar refractivity (Wildman–Crippen MR) is 119 cm³/mol. The molecule has 3 aromatic rings. The van der Waals surface area contributed by atoms with Crippen LogP contribution in [0.25, 0.3) is 0 Å². The van der Waals surface area contributed by atoms with E-state index in [9.17, 15) is 0 Å². The molecule has 0 amide bonds. The van der Waals surface area contributed by atoms with Crippen molar-refractivity contribution in [1.29, 1.82) is 0 Å². The molecular weight excluding hydrogens is 374 g/mol. The Morgan fingerprint density at radius 1 is 0.633 bits per heavy atom. The number of benzene rings is 3. The zero-order valence-electron chi connectivity index (χ0n) is 17.3. The van der Waals surface area contributed by atoms with E-state index in [1.54, 1.807) is 0 Å². The van der Waals surface area contributed by atoms with E-state index in [0.717, 1.165) is 41.5 Å². The van der Waals surface area contributed by atoms with Crippen LogP contribution in [-0.2, 0) is 13.2 Å². The van der Waals surface area contributed by atoms with Gasteiger partial charge in [0.1, 0.15) is 37.1 Å². The Bertz CT molecular complexity index is 890. The van der Waals surface area contributed by atoms with Crippen LogP contribution in [0.15, 0.2) is 78.9 Å². The Balaban J connectivity index is 1.26. The molecule has 4 nitrogen and oxygen atoms in total. The average molecular weight is 404 g/mol. The van der Waals surface area contributed by atoms with Crippen LogP contribution in [0.4, 0.5) is 0 Å². The highest BCUT2D eigenvalue weighted by atomic mass is 16.5. The summed E-state index contributed by atoms with van der Waals surface area (Å²) in [4.78, 5) is 2.45. The van der Waals surface area contributed by atoms with Gasteiger partial charge in [0.2, 0.25) is 0 Å². The number of nitrogens with zero attached hydrogens (tertiary/aromatic N) is 1. The van der Waals surface area contributed by atoms with Gasteiger partial charge >= 0.3 is 0 Å². The van der Waals surface area contributed by atoms with Gasteiger partial charge in [0.25, 0.3) is 0 Å². The molecule has 1 aliphatic rings. The molecule has 0 bridgehead atoms. The van der Waals surface area contributed by atoms with Crippen LogP contribution >= 0.6 is 0 Å². The second-order valence-corrected chi connectivity index (χ2v) is 7.54. The summed E-state index contributed by atoms with van der Waals surface area (Å²) in [5.74, 6) is 2.55. The SMILES string of the molecule is c1ccc(COc2ccccc2COc2ccc(OCCN3CCCC3)cc2)cc1. The summed E-state index contributed by atoms with van der Waals surface area (Å²) in [5, 5.41) is 0. The number of likely N-dealkylation sites (tertiary alicyclic amines) is 1. The lowest BCUT2D eigenvalue weighted by Crippen LogP contribution is -2.25. The highest BCUT2D eigenvalue weighted by Gasteiger charge is 2.10. The van der Waals surface area contributed by atoms with Crippen LogP contribution in [0.5, 0.6) is 17.2 Å². The molecule has 0 aliphatic carbocycles. The largest absolute Gasteiger partial charge is 0.492 e. The number of hydrogen-bond acceptors (Lipinski definition) is 4. The van der Waals surface area contributed by atoms with Gasteiger partial charge in [-0.2, -0.15) is 0 Å². The molecular formula is C26H29NO3. The van der Waals surface area contributed by atoms with E-state index in [-0.39, 0.29) is 0 Å². The van der Waals surface area contributed by atoms with Crippen molar-refractivity contribution in [3.05, 3.63) is 90.0 Å². The van der Waals surface area contributed by atoms with Crippen molar-refractivity contribution in [1.82, 2.24) is 4.90 Å². The van der Waals surface area contributed by atoms with Crippen LogP contribution in [0.2, 0.25) is 0 Å². The second-order valence-electron chi connectivity index (χ2n) is 7.54. The summed E-state index contributed by atoms with van der Waals surface area (Å²) in [6.07, 6.45) is 2.62. The van der Waals surface area contributed by atoms with Crippen LogP contribution in [0.1, 0.15) is 24.0 Å². The van der Waals surface area contributed by atoms with Crippen LogP contribution in [0.3, 0.4) is 0 Å². The first-order valence-electron chi connectivity index (χ1n) is 10.7. The van der Waals surface area contributed by atoms with Gasteiger partial charge in [-0.25, -0.2) is 0 Å². The monoisotopic (exact) mass is 403 g/mol. The first-order valence-corrected chi connectivity index (χ1v) is 10.7. The maximum absolute atomic E-state index is 6.01. The van der Waals surface area contributed by atoms with Crippen molar-refractivity contribution < 1.29 is 14.2 Å². The first kappa shape index (κ1) is 20.3. The first-order chi connectivity index (χ1) is 14.9. The van der Waals surface area contributed by atoms with Crippen molar-refractivity contribution in [3.63, 3.8) is 0 Å². The minimum Gasteiger partial charge on any atom is -0.492 e. The zero-order valence-corrected chi connectivity index (χ0v) is 17.3. The van der Waals surface area contributed by atoms with Gasteiger partial charge in [-0.05, 0) is 61.8 Å². The Morgan fingerprint density at radius 3 is 2.07 bits per heavy atom. The quantitative estimate of drug-likeness (QED) is 0.458. The molecule has 1 saturated heterocycles. The fraction of sp³-hybridized carbons (Fsp3) is 0.308. The molecule has 4 heteroatoms. The maximum Gasteiger partial charge on any atom is 0.126 e. The third kappa shape index (κ3) is 6.01. The average Bonchev–Trinajstić information content (AvgIpc) is 3.32. The normalized spacial score (nSPS) is 13.9. The molecule has 30 heavy (non-hydrogen) atoms. The summed E-state index contributed by atoms with van der Waals surface area (Å²) >= 11 is 0. The lowest BCUT2D eigenvalue weighted by atomic mass is 10.2. The molecule has 0 spiro atoms. The molecule has 0 N–H and O–H groups in total. The van der Waals surface area contributed by atoms with Crippen molar-refractivity contribution in [2.75, 3.05) is 26.2 Å². The smallest absolute Gasteiger partial charge is 0.126 e. The summed E-state index contributed by atoms with van der Waals surface area (Å²) in [5.41, 5.74) is 2.17. The Labute approximate surface area is 179 Å². The summed E-state index contributed by atoms with van der Waals surface area (Å²) in [7, 11) is 0. The van der Waals surface area contributed by atoms with E-state index < -0.39 is 0 Å². The van der Waals surface area contributed by atoms with Gasteiger partial charge in [-0.15, -0.1) is 0 Å². The topological polar surface area (TPSA) is 30.9 Å². The molecule has 156 valence electrons. The van der Waals surface area contributed by atoms with Gasteiger partial charge in [-0.3, -0.25) is 4.90 Å². The molecule has 1 aliphatic heterocycles. The van der Waals surface area contributed by atoms with Crippen LogP contribution in [-0.4, -0.2) is 31.1 Å². The van der Waals surface area contributed by atoms with Gasteiger partial charge in [0, 0.05) is 12.1 Å². The van der Waals surface area contributed by atoms with E-state index in [0.29, 0.717) is 13.2 Å². The van der Waals surface area contributed by atoms with Gasteiger partial charge < -0.3 is 14.2 Å². The molecule has 1 fully saturated rings. The highest BCUT2D eigenvalue weighted by molar-refractivity contribution is 5.35. The summed E-state index contributed by atoms with van der Waals surface area (Å²) in [6, 6.07) is 26.0. The van der Waals surface area contributed by atoms with Crippen molar-refractivity contribution in [2.45, 2.75) is 26.1 Å². The fourth-order valence-electron chi connectivity index (χ4n) is 3.59. The van der Waals surface area contributed by atoms with Gasteiger partial charge in [-0.1, -0.05) is 48.5 Å². The van der Waals surface area contributed by atoms with Crippen LogP contribution in [0, 0.1) is 0 Å². The molecule has 0 aromatic heterocycles. The Morgan fingerprint density at radius 2 is 1.30 bits per heavy atom. The molecule has 4 rings (SSSR count). The summed E-state index contributed by atoms with van der Waals surface area (Å²) in [6.45, 7) is 5.13. The van der Waals surface area contributed by atoms with Gasteiger partial charge in [0.05, 0.1) is 0 Å². The Hall–Kier alpha value is -2.98. The minimum atomic E-state index is 0.458. The maximum atomic E-state index is 6.01. The number of para-hydroxylation sites is 1. The molecule has 1 heterocycles. The van der Waals surface area contributed by atoms with E-state index in [2.05, 4.69) is 17.0 Å². The lowest BCUT2D eigenvalue weighted by Gasteiger charge is -2.15. The van der Waals surface area contributed by atoms with E-state index >= 15 is 0 Å². The molecule has 0 atom stereocenters. The highest BCUT2D eigenvalue weighted by Crippen LogP contribution is 2.23. The third-order valence-electron chi connectivity index (χ3n) is 5.30. The number of hydrogen-bond donors (Lipinski definition) is 0. The van der Waals surface area contributed by atoms with E-state index in [1.807, 2.05) is 66.7 Å². The Kier molecular flexibility index (Phi) is 7.24. The third-order valence-corrected chi connectivity index (χ3v) is 5.30. The van der Waals surface area contributed by atoms with Crippen molar-refractivity contribution in [3.8, 4) is 17.2 Å². The zero-order chi connectivity index (χ0) is 20.4. The second kappa shape index (κ2) is 10.7. The predicted octanol–water partition coefficient (Wildman–Crippen LogP) is 5.32. The molecule has 3 aromatic carbocycles. The van der Waals surface area contributed by atoms with E-state index in [4.69, 9.17) is 14.2 Å².